The minimum absolute atomic E-state index is 0.0697. The molecule has 1 amide bonds. The Labute approximate surface area is 214 Å². The number of carbonyl (C=O) groups excluding carboxylic acids is 1. The molecule has 9 nitrogen and oxygen atoms in total. The number of imidazole rings is 1. The smallest absolute Gasteiger partial charge is 0.296 e. The van der Waals surface area contributed by atoms with Gasteiger partial charge in [-0.3, -0.25) is 9.36 Å². The number of aromatic nitrogens is 4. The zero-order chi connectivity index (χ0) is 26.1. The quantitative estimate of drug-likeness (QED) is 0.531. The van der Waals surface area contributed by atoms with Crippen molar-refractivity contribution in [1.29, 1.82) is 0 Å². The van der Waals surface area contributed by atoms with Gasteiger partial charge in [-0.05, 0) is 50.3 Å². The van der Waals surface area contributed by atoms with Crippen molar-refractivity contribution in [3.05, 3.63) is 35.7 Å². The predicted octanol–water partition coefficient (Wildman–Crippen LogP) is 4.10. The molecule has 37 heavy (non-hydrogen) atoms. The van der Waals surface area contributed by atoms with Crippen LogP contribution in [-0.2, 0) is 9.53 Å². The zero-order valence-electron chi connectivity index (χ0n) is 21.5. The molecule has 2 aromatic heterocycles. The van der Waals surface area contributed by atoms with Gasteiger partial charge in [-0.2, -0.15) is 9.97 Å². The lowest BCUT2D eigenvalue weighted by atomic mass is 9.90. The van der Waals surface area contributed by atoms with Crippen molar-refractivity contribution in [2.45, 2.75) is 58.0 Å². The fourth-order valence-corrected chi connectivity index (χ4v) is 5.19. The van der Waals surface area contributed by atoms with Gasteiger partial charge in [0.1, 0.15) is 11.6 Å². The van der Waals surface area contributed by atoms with Crippen molar-refractivity contribution in [3.63, 3.8) is 0 Å². The van der Waals surface area contributed by atoms with E-state index in [2.05, 4.69) is 15.2 Å². The van der Waals surface area contributed by atoms with E-state index < -0.39 is 6.43 Å². The van der Waals surface area contributed by atoms with Crippen molar-refractivity contribution in [2.24, 2.45) is 0 Å². The number of anilines is 2. The molecule has 0 unspecified atom stereocenters. The Hall–Kier alpha value is -3.34. The number of amides is 1. The summed E-state index contributed by atoms with van der Waals surface area (Å²) in [4.78, 5) is 29.4. The van der Waals surface area contributed by atoms with Crippen LogP contribution in [0, 0.1) is 6.92 Å². The molecule has 3 aromatic rings. The van der Waals surface area contributed by atoms with Gasteiger partial charge >= 0.3 is 0 Å². The monoisotopic (exact) mass is 513 g/mol. The molecule has 0 atom stereocenters. The van der Waals surface area contributed by atoms with Crippen molar-refractivity contribution in [1.82, 2.24) is 24.4 Å². The van der Waals surface area contributed by atoms with E-state index in [1.165, 1.54) is 4.57 Å². The van der Waals surface area contributed by atoms with Crippen LogP contribution in [0.1, 0.15) is 50.4 Å². The molecule has 1 aliphatic heterocycles. The Balaban J connectivity index is 1.50. The summed E-state index contributed by atoms with van der Waals surface area (Å²) in [6, 6.07) is 7.57. The summed E-state index contributed by atoms with van der Waals surface area (Å²) in [5.41, 5.74) is 2.03. The third-order valence-electron chi connectivity index (χ3n) is 7.37. The maximum atomic E-state index is 14.1. The molecule has 1 saturated carbocycles. The van der Waals surface area contributed by atoms with Gasteiger partial charge < -0.3 is 19.9 Å². The number of aryl methyl sites for hydroxylation is 1. The number of halogens is 2. The van der Waals surface area contributed by atoms with Crippen molar-refractivity contribution >= 4 is 28.7 Å². The average Bonchev–Trinajstić information content (AvgIpc) is 3.28. The Kier molecular flexibility index (Phi) is 7.23. The van der Waals surface area contributed by atoms with E-state index in [-0.39, 0.29) is 23.8 Å². The SMILES string of the molecule is CC(=O)N(C)C1CCC(Nc2nc(N3CCOCC3)cc(-n3c(C(F)F)nc4ccc(C)cc43)n2)CC1. The van der Waals surface area contributed by atoms with E-state index >= 15 is 0 Å². The van der Waals surface area contributed by atoms with Crippen LogP contribution in [0.25, 0.3) is 16.9 Å². The first-order valence-corrected chi connectivity index (χ1v) is 12.8. The summed E-state index contributed by atoms with van der Waals surface area (Å²) in [5, 5.41) is 3.45. The summed E-state index contributed by atoms with van der Waals surface area (Å²) < 4.78 is 35.2. The summed E-state index contributed by atoms with van der Waals surface area (Å²) in [7, 11) is 1.85. The maximum absolute atomic E-state index is 14.1. The third-order valence-corrected chi connectivity index (χ3v) is 7.37. The highest BCUT2D eigenvalue weighted by atomic mass is 19.3. The molecule has 5 rings (SSSR count). The minimum Gasteiger partial charge on any atom is -0.378 e. The number of nitrogens with zero attached hydrogens (tertiary/aromatic N) is 6. The highest BCUT2D eigenvalue weighted by Gasteiger charge is 2.27. The van der Waals surface area contributed by atoms with Gasteiger partial charge in [0, 0.05) is 45.2 Å². The second-order valence-electron chi connectivity index (χ2n) is 9.89. The first-order valence-electron chi connectivity index (χ1n) is 12.8. The van der Waals surface area contributed by atoms with Crippen molar-refractivity contribution in [2.75, 3.05) is 43.6 Å². The topological polar surface area (TPSA) is 88.4 Å². The fourth-order valence-electron chi connectivity index (χ4n) is 5.19. The molecule has 2 aliphatic rings. The first kappa shape index (κ1) is 25.3. The van der Waals surface area contributed by atoms with Crippen LogP contribution in [0.2, 0.25) is 0 Å². The van der Waals surface area contributed by atoms with Crippen molar-refractivity contribution < 1.29 is 18.3 Å². The van der Waals surface area contributed by atoms with Crippen molar-refractivity contribution in [3.8, 4) is 5.82 Å². The van der Waals surface area contributed by atoms with E-state index in [0.29, 0.717) is 54.9 Å². The van der Waals surface area contributed by atoms with Crippen LogP contribution >= 0.6 is 0 Å². The standard InChI is InChI=1S/C26H33F2N7O2/c1-16-4-9-20-21(14-16)35(25(30-20)24(27)28)23-15-22(34-10-12-37-13-11-34)31-26(32-23)29-18-5-7-19(8-6-18)33(3)17(2)36/h4,9,14-15,18-19,24H,5-8,10-13H2,1-3H3,(H,29,31,32). The molecule has 3 heterocycles. The van der Waals surface area contributed by atoms with Crippen LogP contribution in [-0.4, -0.2) is 75.8 Å². The van der Waals surface area contributed by atoms with Crippen LogP contribution in [0.3, 0.4) is 0 Å². The largest absolute Gasteiger partial charge is 0.378 e. The number of hydrogen-bond donors (Lipinski definition) is 1. The number of nitrogens with one attached hydrogen (secondary N) is 1. The second-order valence-corrected chi connectivity index (χ2v) is 9.89. The Bertz CT molecular complexity index is 1270. The van der Waals surface area contributed by atoms with Gasteiger partial charge in [-0.25, -0.2) is 13.8 Å². The lowest BCUT2D eigenvalue weighted by Gasteiger charge is -2.34. The molecule has 198 valence electrons. The third kappa shape index (κ3) is 5.36. The summed E-state index contributed by atoms with van der Waals surface area (Å²) in [6.45, 7) is 5.97. The number of benzene rings is 1. The first-order chi connectivity index (χ1) is 17.8. The molecular weight excluding hydrogens is 480 g/mol. The highest BCUT2D eigenvalue weighted by molar-refractivity contribution is 5.79. The highest BCUT2D eigenvalue weighted by Crippen LogP contribution is 2.31. The Morgan fingerprint density at radius 1 is 1.08 bits per heavy atom. The van der Waals surface area contributed by atoms with Crippen LogP contribution in [0.15, 0.2) is 24.3 Å². The van der Waals surface area contributed by atoms with Gasteiger partial charge in [-0.15, -0.1) is 0 Å². The molecule has 1 aliphatic carbocycles. The molecule has 0 spiro atoms. The predicted molar refractivity (Wildman–Crippen MR) is 137 cm³/mol. The van der Waals surface area contributed by atoms with Gasteiger partial charge in [0.25, 0.3) is 6.43 Å². The van der Waals surface area contributed by atoms with Gasteiger partial charge in [-0.1, -0.05) is 6.07 Å². The number of ether oxygens (including phenoxy) is 1. The van der Waals surface area contributed by atoms with E-state index in [1.807, 2.05) is 31.0 Å². The fraction of sp³-hybridized carbons (Fsp3) is 0.538. The van der Waals surface area contributed by atoms with E-state index in [0.717, 1.165) is 31.2 Å². The van der Waals surface area contributed by atoms with E-state index in [4.69, 9.17) is 14.7 Å². The molecule has 2 fully saturated rings. The van der Waals surface area contributed by atoms with Gasteiger partial charge in [0.05, 0.1) is 24.2 Å². The molecule has 1 saturated heterocycles. The number of morpholine rings is 1. The lowest BCUT2D eigenvalue weighted by Crippen LogP contribution is -2.40. The van der Waals surface area contributed by atoms with Gasteiger partial charge in [0.2, 0.25) is 11.9 Å². The normalized spacial score (nSPS) is 20.4. The van der Waals surface area contributed by atoms with Crippen LogP contribution in [0.5, 0.6) is 0 Å². The second kappa shape index (κ2) is 10.6. The summed E-state index contributed by atoms with van der Waals surface area (Å²) in [6.07, 6.45) is 0.714. The van der Waals surface area contributed by atoms with E-state index in [9.17, 15) is 13.6 Å². The molecule has 0 radical (unpaired) electrons. The number of rotatable bonds is 6. The number of hydrogen-bond acceptors (Lipinski definition) is 7. The van der Waals surface area contributed by atoms with Crippen LogP contribution in [0.4, 0.5) is 20.5 Å². The maximum Gasteiger partial charge on any atom is 0.296 e. The Morgan fingerprint density at radius 2 is 1.78 bits per heavy atom. The summed E-state index contributed by atoms with van der Waals surface area (Å²) in [5.74, 6) is 1.14. The number of alkyl halides is 2. The molecule has 1 N–H and O–H groups in total. The van der Waals surface area contributed by atoms with Gasteiger partial charge in [0.15, 0.2) is 5.82 Å². The van der Waals surface area contributed by atoms with Crippen LogP contribution < -0.4 is 10.2 Å². The zero-order valence-corrected chi connectivity index (χ0v) is 21.5. The molecule has 0 bridgehead atoms. The molecule has 11 heteroatoms. The lowest BCUT2D eigenvalue weighted by molar-refractivity contribution is -0.130. The molecule has 1 aromatic carbocycles. The average molecular weight is 514 g/mol. The number of carbonyl (C=O) groups is 1. The molecular formula is C26H33F2N7O2. The summed E-state index contributed by atoms with van der Waals surface area (Å²) >= 11 is 0. The minimum atomic E-state index is -2.76. The Morgan fingerprint density at radius 3 is 2.46 bits per heavy atom. The number of fused-ring (bicyclic) bond motifs is 1. The van der Waals surface area contributed by atoms with E-state index in [1.54, 1.807) is 19.1 Å².